The molecule has 0 saturated carbocycles. The van der Waals surface area contributed by atoms with Crippen LogP contribution in [0, 0.1) is 0 Å². The molecule has 4 rings (SSSR count). The van der Waals surface area contributed by atoms with Gasteiger partial charge in [0.25, 0.3) is 11.1 Å². The summed E-state index contributed by atoms with van der Waals surface area (Å²) in [5.41, 5.74) is 3.31. The van der Waals surface area contributed by atoms with Crippen molar-refractivity contribution < 1.29 is 0 Å². The quantitative estimate of drug-likeness (QED) is 0.465. The molecule has 0 unspecified atom stereocenters. The summed E-state index contributed by atoms with van der Waals surface area (Å²) in [6.07, 6.45) is 6.62. The lowest BCUT2D eigenvalue weighted by molar-refractivity contribution is 0.539. The Bertz CT molecular complexity index is 1130. The van der Waals surface area contributed by atoms with Crippen molar-refractivity contribution in [2.24, 2.45) is 0 Å². The highest BCUT2D eigenvalue weighted by atomic mass is 16.1. The maximum atomic E-state index is 12.2. The van der Waals surface area contributed by atoms with Gasteiger partial charge in [-0.15, -0.1) is 0 Å². The second-order valence-electron chi connectivity index (χ2n) is 6.89. The molecule has 2 heterocycles. The predicted octanol–water partition coefficient (Wildman–Crippen LogP) is 3.37. The van der Waals surface area contributed by atoms with Crippen LogP contribution in [0.25, 0.3) is 22.1 Å². The number of benzene rings is 2. The Morgan fingerprint density at radius 1 is 0.607 bits per heavy atom. The number of unbranched alkanes of at least 4 members (excludes halogenated alkanes) is 3. The minimum Gasteiger partial charge on any atom is -0.305 e. The zero-order valence-electron chi connectivity index (χ0n) is 15.6. The van der Waals surface area contributed by atoms with Crippen LogP contribution in [0.1, 0.15) is 25.7 Å². The molecular formula is C22H22N4O2. The molecule has 0 N–H and O–H groups in total. The van der Waals surface area contributed by atoms with Gasteiger partial charge < -0.3 is 9.13 Å². The number of hydrogen-bond acceptors (Lipinski definition) is 4. The SMILES string of the molecule is O=c1cnc2ccccc2n1CCCCCCn1c(=O)cnc2ccccc21. The average molecular weight is 374 g/mol. The van der Waals surface area contributed by atoms with E-state index in [2.05, 4.69) is 9.97 Å². The van der Waals surface area contributed by atoms with Gasteiger partial charge in [-0.25, -0.2) is 9.97 Å². The number of fused-ring (bicyclic) bond motifs is 2. The lowest BCUT2D eigenvalue weighted by atomic mass is 10.2. The van der Waals surface area contributed by atoms with Crippen LogP contribution in [-0.4, -0.2) is 19.1 Å². The van der Waals surface area contributed by atoms with Gasteiger partial charge in [0.1, 0.15) is 0 Å². The first kappa shape index (κ1) is 18.1. The molecule has 0 bridgehead atoms. The van der Waals surface area contributed by atoms with Crippen molar-refractivity contribution in [2.75, 3.05) is 0 Å². The first-order valence-corrected chi connectivity index (χ1v) is 9.63. The fourth-order valence-electron chi connectivity index (χ4n) is 3.58. The molecule has 2 aromatic carbocycles. The van der Waals surface area contributed by atoms with E-state index in [1.54, 1.807) is 9.13 Å². The standard InChI is InChI=1S/C22H22N4O2/c27-21-15-23-17-9-3-5-11-19(17)25(21)13-7-1-2-8-14-26-20-12-6-4-10-18(20)24-16-22(26)28/h3-6,9-12,15-16H,1-2,7-8,13-14H2. The molecule has 2 aromatic heterocycles. The summed E-state index contributed by atoms with van der Waals surface area (Å²) in [4.78, 5) is 32.7. The lowest BCUT2D eigenvalue weighted by Gasteiger charge is -2.10. The molecule has 0 aliphatic carbocycles. The molecule has 28 heavy (non-hydrogen) atoms. The molecule has 0 atom stereocenters. The van der Waals surface area contributed by atoms with Crippen LogP contribution in [0.5, 0.6) is 0 Å². The molecule has 0 amide bonds. The van der Waals surface area contributed by atoms with Crippen LogP contribution in [0.4, 0.5) is 0 Å². The van der Waals surface area contributed by atoms with Gasteiger partial charge >= 0.3 is 0 Å². The van der Waals surface area contributed by atoms with Gasteiger partial charge in [0, 0.05) is 13.1 Å². The van der Waals surface area contributed by atoms with Crippen LogP contribution in [0.2, 0.25) is 0 Å². The topological polar surface area (TPSA) is 69.8 Å². The van der Waals surface area contributed by atoms with E-state index in [0.717, 1.165) is 47.8 Å². The van der Waals surface area contributed by atoms with Gasteiger partial charge in [-0.3, -0.25) is 9.59 Å². The Morgan fingerprint density at radius 2 is 1.04 bits per heavy atom. The van der Waals surface area contributed by atoms with Gasteiger partial charge in [0.15, 0.2) is 0 Å². The Morgan fingerprint density at radius 3 is 1.50 bits per heavy atom. The molecule has 0 aliphatic rings. The second-order valence-corrected chi connectivity index (χ2v) is 6.89. The van der Waals surface area contributed by atoms with Gasteiger partial charge in [-0.1, -0.05) is 37.1 Å². The Balaban J connectivity index is 1.34. The summed E-state index contributed by atoms with van der Waals surface area (Å²) >= 11 is 0. The number of para-hydroxylation sites is 4. The molecule has 4 aromatic rings. The summed E-state index contributed by atoms with van der Waals surface area (Å²) in [5, 5.41) is 0. The average Bonchev–Trinajstić information content (AvgIpc) is 2.73. The van der Waals surface area contributed by atoms with Crippen LogP contribution in [0.15, 0.2) is 70.5 Å². The summed E-state index contributed by atoms with van der Waals surface area (Å²) in [7, 11) is 0. The zero-order valence-corrected chi connectivity index (χ0v) is 15.6. The molecule has 6 heteroatoms. The monoisotopic (exact) mass is 374 g/mol. The Kier molecular flexibility index (Phi) is 5.28. The third-order valence-corrected chi connectivity index (χ3v) is 5.02. The third-order valence-electron chi connectivity index (χ3n) is 5.02. The number of aryl methyl sites for hydroxylation is 2. The van der Waals surface area contributed by atoms with Crippen molar-refractivity contribution in [3.63, 3.8) is 0 Å². The maximum absolute atomic E-state index is 12.2. The molecule has 0 saturated heterocycles. The smallest absolute Gasteiger partial charge is 0.269 e. The van der Waals surface area contributed by atoms with Crippen molar-refractivity contribution in [3.05, 3.63) is 81.6 Å². The molecule has 142 valence electrons. The lowest BCUT2D eigenvalue weighted by Crippen LogP contribution is -2.21. The van der Waals surface area contributed by atoms with Gasteiger partial charge in [-0.2, -0.15) is 0 Å². The van der Waals surface area contributed by atoms with E-state index in [1.165, 1.54) is 12.4 Å². The van der Waals surface area contributed by atoms with Gasteiger partial charge in [-0.05, 0) is 37.1 Å². The van der Waals surface area contributed by atoms with Crippen molar-refractivity contribution in [2.45, 2.75) is 38.8 Å². The molecule has 6 nitrogen and oxygen atoms in total. The van der Waals surface area contributed by atoms with E-state index in [4.69, 9.17) is 0 Å². The van der Waals surface area contributed by atoms with E-state index in [1.807, 2.05) is 48.5 Å². The second kappa shape index (κ2) is 8.17. The Hall–Kier alpha value is -3.28. The molecule has 0 radical (unpaired) electrons. The van der Waals surface area contributed by atoms with Crippen LogP contribution in [0.3, 0.4) is 0 Å². The number of nitrogens with zero attached hydrogens (tertiary/aromatic N) is 4. The largest absolute Gasteiger partial charge is 0.305 e. The van der Waals surface area contributed by atoms with E-state index < -0.39 is 0 Å². The normalized spacial score (nSPS) is 11.3. The highest BCUT2D eigenvalue weighted by molar-refractivity contribution is 5.74. The molecular weight excluding hydrogens is 352 g/mol. The minimum atomic E-state index is -0.0616. The Labute approximate surface area is 162 Å². The number of hydrogen-bond donors (Lipinski definition) is 0. The fraction of sp³-hybridized carbons (Fsp3) is 0.273. The van der Waals surface area contributed by atoms with E-state index in [-0.39, 0.29) is 11.1 Å². The fourth-order valence-corrected chi connectivity index (χ4v) is 3.58. The molecule has 0 fully saturated rings. The van der Waals surface area contributed by atoms with Crippen molar-refractivity contribution in [1.82, 2.24) is 19.1 Å². The predicted molar refractivity (Wildman–Crippen MR) is 110 cm³/mol. The van der Waals surface area contributed by atoms with Crippen molar-refractivity contribution in [1.29, 1.82) is 0 Å². The maximum Gasteiger partial charge on any atom is 0.269 e. The van der Waals surface area contributed by atoms with Gasteiger partial charge in [0.2, 0.25) is 0 Å². The summed E-state index contributed by atoms with van der Waals surface area (Å²) < 4.78 is 3.59. The minimum absolute atomic E-state index is 0.0616. The van der Waals surface area contributed by atoms with Gasteiger partial charge in [0.05, 0.1) is 34.5 Å². The first-order chi connectivity index (χ1) is 13.7. The zero-order chi connectivity index (χ0) is 19.3. The molecule has 0 spiro atoms. The van der Waals surface area contributed by atoms with Crippen molar-refractivity contribution in [3.8, 4) is 0 Å². The molecule has 0 aliphatic heterocycles. The summed E-state index contributed by atoms with van der Waals surface area (Å²) in [6, 6.07) is 15.4. The highest BCUT2D eigenvalue weighted by Gasteiger charge is 2.05. The van der Waals surface area contributed by atoms with Crippen molar-refractivity contribution >= 4 is 22.1 Å². The van der Waals surface area contributed by atoms with Crippen LogP contribution < -0.4 is 11.1 Å². The van der Waals surface area contributed by atoms with E-state index >= 15 is 0 Å². The number of rotatable bonds is 7. The summed E-state index contributed by atoms with van der Waals surface area (Å²) in [5.74, 6) is 0. The third kappa shape index (κ3) is 3.71. The summed E-state index contributed by atoms with van der Waals surface area (Å²) in [6.45, 7) is 1.36. The van der Waals surface area contributed by atoms with Crippen LogP contribution >= 0.6 is 0 Å². The van der Waals surface area contributed by atoms with E-state index in [9.17, 15) is 9.59 Å². The van der Waals surface area contributed by atoms with E-state index in [0.29, 0.717) is 13.1 Å². The highest BCUT2D eigenvalue weighted by Crippen LogP contribution is 2.12. The first-order valence-electron chi connectivity index (χ1n) is 9.63. The van der Waals surface area contributed by atoms with Crippen LogP contribution in [-0.2, 0) is 13.1 Å². The number of aromatic nitrogens is 4.